The zero-order chi connectivity index (χ0) is 21.2. The summed E-state index contributed by atoms with van der Waals surface area (Å²) >= 11 is 0. The number of amides is 1. The molecule has 10 heteroatoms. The SMILES string of the molecule is N/C=C1/C(=O)NCCC1=Nc1ccnc(C(O)c2cc(F)cc(C(F)(F)F)c2)c1. The summed E-state index contributed by atoms with van der Waals surface area (Å²) in [5, 5.41) is 13.1. The normalized spacial score (nSPS) is 18.7. The maximum atomic E-state index is 13.6. The molecule has 1 aromatic carbocycles. The van der Waals surface area contributed by atoms with Gasteiger partial charge >= 0.3 is 6.18 Å². The molecule has 0 saturated carbocycles. The first-order chi connectivity index (χ1) is 13.7. The number of carbonyl (C=O) groups is 1. The molecule has 1 amide bonds. The molecular weight excluding hydrogens is 392 g/mol. The minimum Gasteiger partial charge on any atom is -0.404 e. The van der Waals surface area contributed by atoms with Crippen LogP contribution in [0.3, 0.4) is 0 Å². The number of rotatable bonds is 3. The lowest BCUT2D eigenvalue weighted by molar-refractivity contribution is -0.137. The highest BCUT2D eigenvalue weighted by atomic mass is 19.4. The third-order valence-electron chi connectivity index (χ3n) is 4.24. The van der Waals surface area contributed by atoms with E-state index in [9.17, 15) is 27.5 Å². The Hall–Kier alpha value is -3.27. The highest BCUT2D eigenvalue weighted by Crippen LogP contribution is 2.33. The molecule has 0 spiro atoms. The van der Waals surface area contributed by atoms with Gasteiger partial charge in [-0.2, -0.15) is 13.2 Å². The van der Waals surface area contributed by atoms with E-state index in [-0.39, 0.29) is 22.7 Å². The second-order valence-corrected chi connectivity index (χ2v) is 6.26. The zero-order valence-corrected chi connectivity index (χ0v) is 14.9. The lowest BCUT2D eigenvalue weighted by atomic mass is 10.0. The summed E-state index contributed by atoms with van der Waals surface area (Å²) in [6, 6.07) is 4.66. The third kappa shape index (κ3) is 4.60. The maximum absolute atomic E-state index is 13.6. The van der Waals surface area contributed by atoms with Gasteiger partial charge in [0.15, 0.2) is 0 Å². The van der Waals surface area contributed by atoms with E-state index in [4.69, 9.17) is 5.73 Å². The van der Waals surface area contributed by atoms with Crippen molar-refractivity contribution in [1.29, 1.82) is 0 Å². The van der Waals surface area contributed by atoms with Crippen LogP contribution >= 0.6 is 0 Å². The van der Waals surface area contributed by atoms with Crippen LogP contribution in [0.15, 0.2) is 53.3 Å². The number of piperidine rings is 1. The van der Waals surface area contributed by atoms with Crippen LogP contribution in [0.2, 0.25) is 0 Å². The van der Waals surface area contributed by atoms with Crippen molar-refractivity contribution >= 4 is 17.3 Å². The van der Waals surface area contributed by atoms with Gasteiger partial charge in [0.1, 0.15) is 11.9 Å². The minimum absolute atomic E-state index is 0.0240. The molecule has 29 heavy (non-hydrogen) atoms. The fraction of sp³-hybridized carbons (Fsp3) is 0.211. The van der Waals surface area contributed by atoms with Gasteiger partial charge in [0.05, 0.1) is 28.2 Å². The van der Waals surface area contributed by atoms with Crippen LogP contribution in [-0.2, 0) is 11.0 Å². The number of carbonyl (C=O) groups excluding carboxylic acids is 1. The quantitative estimate of drug-likeness (QED) is 0.537. The summed E-state index contributed by atoms with van der Waals surface area (Å²) in [6.45, 7) is 0.374. The van der Waals surface area contributed by atoms with Crippen molar-refractivity contribution in [3.05, 3.63) is 70.9 Å². The van der Waals surface area contributed by atoms with Crippen LogP contribution in [0.4, 0.5) is 23.2 Å². The van der Waals surface area contributed by atoms with E-state index < -0.39 is 23.7 Å². The Labute approximate surface area is 162 Å². The predicted molar refractivity (Wildman–Crippen MR) is 96.7 cm³/mol. The topological polar surface area (TPSA) is 101 Å². The van der Waals surface area contributed by atoms with Gasteiger partial charge in [-0.3, -0.25) is 14.8 Å². The molecule has 152 valence electrons. The van der Waals surface area contributed by atoms with Crippen molar-refractivity contribution in [3.63, 3.8) is 0 Å². The number of aliphatic hydroxyl groups is 1. The molecular formula is C19H16F4N4O2. The number of aromatic nitrogens is 1. The summed E-state index contributed by atoms with van der Waals surface area (Å²) in [4.78, 5) is 20.1. The van der Waals surface area contributed by atoms with E-state index in [0.29, 0.717) is 36.5 Å². The fourth-order valence-corrected chi connectivity index (χ4v) is 2.86. The number of hydrogen-bond donors (Lipinski definition) is 3. The van der Waals surface area contributed by atoms with Crippen molar-refractivity contribution in [2.24, 2.45) is 10.7 Å². The van der Waals surface area contributed by atoms with Crippen LogP contribution in [-0.4, -0.2) is 28.3 Å². The monoisotopic (exact) mass is 408 g/mol. The molecule has 3 rings (SSSR count). The fourth-order valence-electron chi connectivity index (χ4n) is 2.86. The summed E-state index contributed by atoms with van der Waals surface area (Å²) in [5.74, 6) is -1.50. The lowest BCUT2D eigenvalue weighted by Crippen LogP contribution is -2.36. The predicted octanol–water partition coefficient (Wildman–Crippen LogP) is 2.76. The number of nitrogens with two attached hydrogens (primary N) is 1. The van der Waals surface area contributed by atoms with Crippen LogP contribution in [0, 0.1) is 5.82 Å². The van der Waals surface area contributed by atoms with Gasteiger partial charge in [-0.1, -0.05) is 0 Å². The van der Waals surface area contributed by atoms with Gasteiger partial charge in [0, 0.05) is 25.4 Å². The number of nitrogens with zero attached hydrogens (tertiary/aromatic N) is 2. The van der Waals surface area contributed by atoms with Crippen molar-refractivity contribution in [1.82, 2.24) is 10.3 Å². The summed E-state index contributed by atoms with van der Waals surface area (Å²) < 4.78 is 52.4. The Morgan fingerprint density at radius 1 is 1.28 bits per heavy atom. The smallest absolute Gasteiger partial charge is 0.404 e. The first kappa shape index (κ1) is 20.5. The molecule has 2 aromatic rings. The lowest BCUT2D eigenvalue weighted by Gasteiger charge is -2.17. The molecule has 1 fully saturated rings. The number of nitrogens with one attached hydrogen (secondary N) is 1. The third-order valence-corrected chi connectivity index (χ3v) is 4.24. The van der Waals surface area contributed by atoms with Crippen LogP contribution in [0.1, 0.15) is 29.3 Å². The number of benzene rings is 1. The van der Waals surface area contributed by atoms with Crippen molar-refractivity contribution in [3.8, 4) is 0 Å². The van der Waals surface area contributed by atoms with Crippen LogP contribution < -0.4 is 11.1 Å². The molecule has 4 N–H and O–H groups in total. The Kier molecular flexibility index (Phi) is 5.64. The number of aliphatic hydroxyl groups excluding tert-OH is 1. The van der Waals surface area contributed by atoms with Gasteiger partial charge in [0.2, 0.25) is 0 Å². The molecule has 1 atom stereocenters. The van der Waals surface area contributed by atoms with E-state index in [0.717, 1.165) is 12.3 Å². The minimum atomic E-state index is -4.76. The standard InChI is InChI=1S/C19H16F4N4O2/c20-12-6-10(5-11(7-12)19(21,22)23)17(28)16-8-13(1-3-25-16)27-15-2-4-26-18(29)14(15)9-24/h1,3,5-9,17,28H,2,4,24H2,(H,26,29)/b14-9+,27-15?. The van der Waals surface area contributed by atoms with Gasteiger partial charge in [-0.15, -0.1) is 0 Å². The first-order valence-electron chi connectivity index (χ1n) is 8.49. The van der Waals surface area contributed by atoms with Gasteiger partial charge in [-0.05, 0) is 35.9 Å². The molecule has 1 aliphatic rings. The molecule has 2 heterocycles. The number of pyridine rings is 1. The van der Waals surface area contributed by atoms with Crippen molar-refractivity contribution in [2.75, 3.05) is 6.54 Å². The van der Waals surface area contributed by atoms with Crippen LogP contribution in [0.25, 0.3) is 0 Å². The van der Waals surface area contributed by atoms with Crippen LogP contribution in [0.5, 0.6) is 0 Å². The van der Waals surface area contributed by atoms with Gasteiger partial charge in [-0.25, -0.2) is 4.39 Å². The highest BCUT2D eigenvalue weighted by Gasteiger charge is 2.32. The number of aliphatic imine (C=N–C) groups is 1. The Morgan fingerprint density at radius 2 is 2.03 bits per heavy atom. The average molecular weight is 408 g/mol. The van der Waals surface area contributed by atoms with E-state index in [2.05, 4.69) is 15.3 Å². The van der Waals surface area contributed by atoms with E-state index >= 15 is 0 Å². The highest BCUT2D eigenvalue weighted by molar-refractivity contribution is 6.23. The Bertz CT molecular complexity index is 1000. The molecule has 0 bridgehead atoms. The molecule has 6 nitrogen and oxygen atoms in total. The van der Waals surface area contributed by atoms with Crippen molar-refractivity contribution in [2.45, 2.75) is 18.7 Å². The molecule has 0 aliphatic carbocycles. The summed E-state index contributed by atoms with van der Waals surface area (Å²) in [5.41, 5.74) is 4.88. The van der Waals surface area contributed by atoms with E-state index in [1.54, 1.807) is 0 Å². The number of hydrogen-bond acceptors (Lipinski definition) is 5. The summed E-state index contributed by atoms with van der Waals surface area (Å²) in [7, 11) is 0. The molecule has 0 radical (unpaired) electrons. The second kappa shape index (κ2) is 8.00. The van der Waals surface area contributed by atoms with E-state index in [1.807, 2.05) is 0 Å². The number of halogens is 4. The largest absolute Gasteiger partial charge is 0.416 e. The Morgan fingerprint density at radius 3 is 2.72 bits per heavy atom. The van der Waals surface area contributed by atoms with E-state index in [1.165, 1.54) is 18.3 Å². The molecule has 1 saturated heterocycles. The van der Waals surface area contributed by atoms with Crippen molar-refractivity contribution < 1.29 is 27.5 Å². The van der Waals surface area contributed by atoms with Gasteiger partial charge in [0.25, 0.3) is 5.91 Å². The summed E-state index contributed by atoms with van der Waals surface area (Å²) in [6.07, 6.45) is -3.50. The molecule has 1 unspecified atom stereocenters. The molecule has 1 aromatic heterocycles. The second-order valence-electron chi connectivity index (χ2n) is 6.26. The average Bonchev–Trinajstić information content (AvgIpc) is 2.66. The zero-order valence-electron chi connectivity index (χ0n) is 14.9. The first-order valence-corrected chi connectivity index (χ1v) is 8.49. The molecule has 1 aliphatic heterocycles. The Balaban J connectivity index is 1.95. The maximum Gasteiger partial charge on any atom is 0.416 e. The van der Waals surface area contributed by atoms with Gasteiger partial charge < -0.3 is 16.2 Å². The number of alkyl halides is 3.